The maximum atomic E-state index is 12.6. The third-order valence-electron chi connectivity index (χ3n) is 3.77. The molecule has 1 aliphatic heterocycles. The maximum absolute atomic E-state index is 12.6. The smallest absolute Gasteiger partial charge is 0.260 e. The van der Waals surface area contributed by atoms with Crippen molar-refractivity contribution in [1.29, 1.82) is 0 Å². The summed E-state index contributed by atoms with van der Waals surface area (Å²) >= 11 is 1.43. The quantitative estimate of drug-likeness (QED) is 0.857. The number of anilines is 2. The van der Waals surface area contributed by atoms with Crippen LogP contribution in [-0.2, 0) is 4.79 Å². The molecule has 0 atom stereocenters. The van der Waals surface area contributed by atoms with E-state index in [0.717, 1.165) is 10.6 Å². The molecule has 0 saturated carbocycles. The van der Waals surface area contributed by atoms with Gasteiger partial charge in [0.1, 0.15) is 5.03 Å². The summed E-state index contributed by atoms with van der Waals surface area (Å²) in [5, 5.41) is 3.60. The first kappa shape index (κ1) is 16.5. The first-order chi connectivity index (χ1) is 11.3. The molecule has 0 fully saturated rings. The number of hydrogen-bond acceptors (Lipinski definition) is 4. The number of aromatic nitrogens is 1. The van der Waals surface area contributed by atoms with Crippen molar-refractivity contribution in [3.05, 3.63) is 42.1 Å². The van der Waals surface area contributed by atoms with Gasteiger partial charge < -0.3 is 10.2 Å². The van der Waals surface area contributed by atoms with Gasteiger partial charge in [-0.15, -0.1) is 0 Å². The Hall–Kier alpha value is -2.34. The zero-order valence-electron chi connectivity index (χ0n) is 14.1. The normalized spacial score (nSPS) is 13.8. The van der Waals surface area contributed by atoms with Gasteiger partial charge in [0.15, 0.2) is 0 Å². The molecule has 3 rings (SSSR count). The molecule has 0 aliphatic carbocycles. The van der Waals surface area contributed by atoms with Gasteiger partial charge in [-0.1, -0.05) is 32.5 Å². The summed E-state index contributed by atoms with van der Waals surface area (Å²) in [4.78, 5) is 31.6. The molecule has 2 aromatic rings. The highest BCUT2D eigenvalue weighted by atomic mass is 32.2. The highest BCUT2D eigenvalue weighted by Crippen LogP contribution is 2.41. The van der Waals surface area contributed by atoms with Crippen molar-refractivity contribution in [1.82, 2.24) is 4.98 Å². The Balaban J connectivity index is 2.00. The van der Waals surface area contributed by atoms with Crippen LogP contribution in [0.1, 0.15) is 31.1 Å². The van der Waals surface area contributed by atoms with Crippen LogP contribution in [0.4, 0.5) is 11.4 Å². The summed E-state index contributed by atoms with van der Waals surface area (Å²) in [5.74, 6) is -0.139. The molecule has 1 N–H and O–H groups in total. The van der Waals surface area contributed by atoms with Gasteiger partial charge >= 0.3 is 0 Å². The second-order valence-corrected chi connectivity index (χ2v) is 7.74. The number of rotatable bonds is 1. The lowest BCUT2D eigenvalue weighted by Crippen LogP contribution is -2.28. The number of nitrogens with zero attached hydrogens (tertiary/aromatic N) is 2. The molecule has 2 heterocycles. The van der Waals surface area contributed by atoms with Gasteiger partial charge in [-0.05, 0) is 30.3 Å². The number of fused-ring (bicyclic) bond motifs is 2. The average molecular weight is 341 g/mol. The number of carbonyl (C=O) groups excluding carboxylic acids is 2. The van der Waals surface area contributed by atoms with Crippen LogP contribution in [0, 0.1) is 5.41 Å². The molecule has 1 aromatic carbocycles. The fourth-order valence-corrected chi connectivity index (χ4v) is 3.38. The summed E-state index contributed by atoms with van der Waals surface area (Å²) < 4.78 is 0. The molecule has 0 bridgehead atoms. The van der Waals surface area contributed by atoms with Crippen molar-refractivity contribution < 1.29 is 9.59 Å². The number of nitrogens with one attached hydrogen (secondary N) is 1. The zero-order valence-corrected chi connectivity index (χ0v) is 14.9. The fraction of sp³-hybridized carbons (Fsp3) is 0.278. The SMILES string of the molecule is CN1C(=O)c2cccnc2Sc2cc(NC(=O)C(C)(C)C)ccc21. The number of carbonyl (C=O) groups is 2. The molecule has 6 heteroatoms. The monoisotopic (exact) mass is 341 g/mol. The molecular weight excluding hydrogens is 322 g/mol. The second-order valence-electron chi connectivity index (χ2n) is 6.71. The first-order valence-electron chi connectivity index (χ1n) is 7.64. The zero-order chi connectivity index (χ0) is 17.5. The Kier molecular flexibility index (Phi) is 4.09. The number of amides is 2. The van der Waals surface area contributed by atoms with E-state index >= 15 is 0 Å². The molecule has 24 heavy (non-hydrogen) atoms. The van der Waals surface area contributed by atoms with E-state index in [1.807, 2.05) is 39.0 Å². The van der Waals surface area contributed by atoms with Crippen LogP contribution in [0.5, 0.6) is 0 Å². The molecule has 1 aliphatic rings. The highest BCUT2D eigenvalue weighted by molar-refractivity contribution is 7.99. The van der Waals surface area contributed by atoms with Crippen LogP contribution < -0.4 is 10.2 Å². The van der Waals surface area contributed by atoms with Crippen LogP contribution in [0.3, 0.4) is 0 Å². The number of hydrogen-bond donors (Lipinski definition) is 1. The van der Waals surface area contributed by atoms with Gasteiger partial charge in [-0.2, -0.15) is 0 Å². The highest BCUT2D eigenvalue weighted by Gasteiger charge is 2.26. The van der Waals surface area contributed by atoms with Crippen LogP contribution in [0.25, 0.3) is 0 Å². The molecular formula is C18H19N3O2S. The van der Waals surface area contributed by atoms with Crippen molar-refractivity contribution in [2.45, 2.75) is 30.7 Å². The Bertz CT molecular complexity index is 827. The van der Waals surface area contributed by atoms with Crippen LogP contribution in [-0.4, -0.2) is 23.8 Å². The molecule has 5 nitrogen and oxygen atoms in total. The molecule has 0 unspecified atom stereocenters. The topological polar surface area (TPSA) is 62.3 Å². The number of pyridine rings is 1. The van der Waals surface area contributed by atoms with E-state index < -0.39 is 5.41 Å². The van der Waals surface area contributed by atoms with Crippen molar-refractivity contribution in [3.8, 4) is 0 Å². The molecule has 1 aromatic heterocycles. The van der Waals surface area contributed by atoms with Crippen LogP contribution in [0.15, 0.2) is 46.5 Å². The van der Waals surface area contributed by atoms with Crippen LogP contribution in [0.2, 0.25) is 0 Å². The summed E-state index contributed by atoms with van der Waals surface area (Å²) in [5.41, 5.74) is 1.63. The van der Waals surface area contributed by atoms with Gasteiger partial charge in [0.25, 0.3) is 5.91 Å². The Morgan fingerprint density at radius 1 is 1.25 bits per heavy atom. The third kappa shape index (κ3) is 3.01. The van der Waals surface area contributed by atoms with E-state index in [4.69, 9.17) is 0 Å². The Labute approximate surface area is 145 Å². The minimum absolute atomic E-state index is 0.0518. The first-order valence-corrected chi connectivity index (χ1v) is 8.45. The van der Waals surface area contributed by atoms with E-state index in [-0.39, 0.29) is 11.8 Å². The van der Waals surface area contributed by atoms with E-state index in [2.05, 4.69) is 10.3 Å². The van der Waals surface area contributed by atoms with Gasteiger partial charge in [0.2, 0.25) is 5.91 Å². The van der Waals surface area contributed by atoms with Crippen molar-refractivity contribution in [3.63, 3.8) is 0 Å². The van der Waals surface area contributed by atoms with E-state index in [1.165, 1.54) is 11.8 Å². The van der Waals surface area contributed by atoms with Gasteiger partial charge in [0, 0.05) is 29.2 Å². The lowest BCUT2D eigenvalue weighted by Gasteiger charge is -2.20. The van der Waals surface area contributed by atoms with Gasteiger partial charge in [0.05, 0.1) is 11.3 Å². The Morgan fingerprint density at radius 2 is 2.00 bits per heavy atom. The third-order valence-corrected chi connectivity index (χ3v) is 4.84. The van der Waals surface area contributed by atoms with Crippen molar-refractivity contribution in [2.75, 3.05) is 17.3 Å². The number of benzene rings is 1. The molecule has 0 radical (unpaired) electrons. The average Bonchev–Trinajstić information content (AvgIpc) is 2.63. The lowest BCUT2D eigenvalue weighted by atomic mass is 9.95. The molecule has 0 saturated heterocycles. The predicted molar refractivity (Wildman–Crippen MR) is 95.6 cm³/mol. The fourth-order valence-electron chi connectivity index (χ4n) is 2.30. The second kappa shape index (κ2) is 5.94. The minimum Gasteiger partial charge on any atom is -0.326 e. The minimum atomic E-state index is -0.471. The lowest BCUT2D eigenvalue weighted by molar-refractivity contribution is -0.123. The summed E-state index contributed by atoms with van der Waals surface area (Å²) in [6.45, 7) is 5.60. The molecule has 124 valence electrons. The molecule has 2 amide bonds. The van der Waals surface area contributed by atoms with E-state index in [0.29, 0.717) is 16.3 Å². The van der Waals surface area contributed by atoms with E-state index in [9.17, 15) is 9.59 Å². The van der Waals surface area contributed by atoms with Gasteiger partial charge in [-0.3, -0.25) is 9.59 Å². The van der Waals surface area contributed by atoms with Crippen molar-refractivity contribution >= 4 is 35.0 Å². The Morgan fingerprint density at radius 3 is 2.71 bits per heavy atom. The van der Waals surface area contributed by atoms with E-state index in [1.54, 1.807) is 30.3 Å². The standard InChI is InChI=1S/C18H19N3O2S/c1-18(2,3)17(23)20-11-7-8-13-14(10-11)24-15-12(6-5-9-19-15)16(22)21(13)4/h5-10H,1-4H3,(H,20,23). The largest absolute Gasteiger partial charge is 0.326 e. The maximum Gasteiger partial charge on any atom is 0.260 e. The van der Waals surface area contributed by atoms with Gasteiger partial charge in [-0.25, -0.2) is 4.98 Å². The van der Waals surface area contributed by atoms with Crippen molar-refractivity contribution in [2.24, 2.45) is 5.41 Å². The van der Waals surface area contributed by atoms with Crippen LogP contribution >= 0.6 is 11.8 Å². The summed E-state index contributed by atoms with van der Waals surface area (Å²) in [7, 11) is 1.75. The molecule has 0 spiro atoms. The summed E-state index contributed by atoms with van der Waals surface area (Å²) in [6, 6.07) is 9.09. The predicted octanol–water partition coefficient (Wildman–Crippen LogP) is 3.81. The summed E-state index contributed by atoms with van der Waals surface area (Å²) in [6.07, 6.45) is 1.68.